The molecule has 2 aromatic heterocycles. The summed E-state index contributed by atoms with van der Waals surface area (Å²) in [5.74, 6) is 6.28. The normalized spacial score (nSPS) is 16.6. The number of anilines is 2. The number of aromatic nitrogens is 4. The molecule has 0 unspecified atom stereocenters. The standard InChI is InChI=1S/C20H19N9O4/c1-10(30)23-12-2-6-14(7-3-12)33-19-25-16-11(8-15-17(31)26-18(32)24-15)9-22-29(16)20(27-19)28(21)13-4-5-13/h2-3,6-9,13H,4-5,21H2,1H3,(H,23,30)(H2,24,26,31,32)/b15-8-. The summed E-state index contributed by atoms with van der Waals surface area (Å²) in [6, 6.07) is 6.23. The number of hydrazine groups is 1. The molecule has 1 saturated carbocycles. The number of rotatable bonds is 6. The van der Waals surface area contributed by atoms with Crippen molar-refractivity contribution >= 4 is 41.2 Å². The molecular weight excluding hydrogens is 430 g/mol. The van der Waals surface area contributed by atoms with Gasteiger partial charge in [-0.15, -0.1) is 0 Å². The molecule has 2 aliphatic rings. The van der Waals surface area contributed by atoms with Gasteiger partial charge in [0.1, 0.15) is 11.4 Å². The fraction of sp³-hybridized carbons (Fsp3) is 0.200. The summed E-state index contributed by atoms with van der Waals surface area (Å²) in [6.45, 7) is 1.42. The third kappa shape index (κ3) is 4.16. The highest BCUT2D eigenvalue weighted by molar-refractivity contribution is 6.14. The predicted octanol–water partition coefficient (Wildman–Crippen LogP) is 0.898. The van der Waals surface area contributed by atoms with Crippen LogP contribution in [0.25, 0.3) is 11.7 Å². The molecule has 5 rings (SSSR count). The number of amides is 4. The fourth-order valence-electron chi connectivity index (χ4n) is 3.24. The van der Waals surface area contributed by atoms with Crippen LogP contribution in [0.3, 0.4) is 0 Å². The Morgan fingerprint density at radius 3 is 2.64 bits per heavy atom. The molecule has 4 amide bonds. The smallest absolute Gasteiger partial charge is 0.327 e. The maximum Gasteiger partial charge on any atom is 0.327 e. The van der Waals surface area contributed by atoms with Gasteiger partial charge in [0, 0.05) is 24.2 Å². The maximum absolute atomic E-state index is 11.9. The Morgan fingerprint density at radius 1 is 1.24 bits per heavy atom. The average molecular weight is 449 g/mol. The number of nitrogens with two attached hydrogens (primary N) is 1. The molecule has 3 heterocycles. The van der Waals surface area contributed by atoms with E-state index in [1.807, 2.05) is 0 Å². The topological polar surface area (TPSA) is 169 Å². The summed E-state index contributed by atoms with van der Waals surface area (Å²) in [7, 11) is 0. The van der Waals surface area contributed by atoms with Gasteiger partial charge in [-0.05, 0) is 43.2 Å². The molecule has 5 N–H and O–H groups in total. The Bertz CT molecular complexity index is 1310. The van der Waals surface area contributed by atoms with Gasteiger partial charge < -0.3 is 15.4 Å². The van der Waals surface area contributed by atoms with Crippen molar-refractivity contribution < 1.29 is 19.1 Å². The minimum Gasteiger partial charge on any atom is -0.424 e. The van der Waals surface area contributed by atoms with Gasteiger partial charge >= 0.3 is 12.0 Å². The molecule has 2 fully saturated rings. The van der Waals surface area contributed by atoms with Crippen LogP contribution in [0.4, 0.5) is 16.4 Å². The van der Waals surface area contributed by atoms with E-state index in [9.17, 15) is 14.4 Å². The van der Waals surface area contributed by atoms with Gasteiger partial charge in [0.05, 0.1) is 6.20 Å². The first-order chi connectivity index (χ1) is 15.9. The van der Waals surface area contributed by atoms with Crippen LogP contribution < -0.4 is 31.5 Å². The molecule has 13 heteroatoms. The zero-order chi connectivity index (χ0) is 23.1. The first-order valence-corrected chi connectivity index (χ1v) is 10.1. The second-order valence-electron chi connectivity index (χ2n) is 7.55. The van der Waals surface area contributed by atoms with Crippen molar-refractivity contribution in [2.24, 2.45) is 5.84 Å². The van der Waals surface area contributed by atoms with Gasteiger partial charge in [0.25, 0.3) is 5.91 Å². The summed E-state index contributed by atoms with van der Waals surface area (Å²) in [4.78, 5) is 43.4. The van der Waals surface area contributed by atoms with Gasteiger partial charge in [0.2, 0.25) is 11.9 Å². The van der Waals surface area contributed by atoms with E-state index in [0.717, 1.165) is 12.8 Å². The number of fused-ring (bicyclic) bond motifs is 1. The lowest BCUT2D eigenvalue weighted by Crippen LogP contribution is -2.36. The Kier molecular flexibility index (Phi) is 4.86. The van der Waals surface area contributed by atoms with Gasteiger partial charge in [0.15, 0.2) is 5.65 Å². The molecule has 0 bridgehead atoms. The lowest BCUT2D eigenvalue weighted by Gasteiger charge is -2.18. The van der Waals surface area contributed by atoms with Crippen LogP contribution in [0.1, 0.15) is 25.3 Å². The second-order valence-corrected chi connectivity index (χ2v) is 7.55. The van der Waals surface area contributed by atoms with Crippen LogP contribution >= 0.6 is 0 Å². The number of ether oxygens (including phenoxy) is 1. The van der Waals surface area contributed by atoms with Gasteiger partial charge in [-0.3, -0.25) is 19.9 Å². The Hall–Kier alpha value is -4.52. The van der Waals surface area contributed by atoms with E-state index in [1.54, 1.807) is 24.3 Å². The highest BCUT2D eigenvalue weighted by Crippen LogP contribution is 2.30. The summed E-state index contributed by atoms with van der Waals surface area (Å²) in [5, 5.41) is 13.1. The molecule has 13 nitrogen and oxygen atoms in total. The Morgan fingerprint density at radius 2 is 2.00 bits per heavy atom. The van der Waals surface area contributed by atoms with Gasteiger partial charge in [-0.1, -0.05) is 0 Å². The average Bonchev–Trinajstić information content (AvgIpc) is 3.47. The molecule has 33 heavy (non-hydrogen) atoms. The van der Waals surface area contributed by atoms with Crippen molar-refractivity contribution in [2.75, 3.05) is 10.3 Å². The first-order valence-electron chi connectivity index (χ1n) is 10.1. The summed E-state index contributed by atoms with van der Waals surface area (Å²) in [5.41, 5.74) is 1.48. The number of benzene rings is 1. The SMILES string of the molecule is CC(=O)Nc1ccc(Oc2nc(N(N)C3CC3)n3ncc(/C=C4\NC(=O)NC4=O)c3n2)cc1. The van der Waals surface area contributed by atoms with Crippen molar-refractivity contribution in [3.8, 4) is 11.8 Å². The maximum atomic E-state index is 11.9. The summed E-state index contributed by atoms with van der Waals surface area (Å²) >= 11 is 0. The van der Waals surface area contributed by atoms with Crippen molar-refractivity contribution in [2.45, 2.75) is 25.8 Å². The van der Waals surface area contributed by atoms with E-state index < -0.39 is 11.9 Å². The molecule has 168 valence electrons. The van der Waals surface area contributed by atoms with E-state index in [-0.39, 0.29) is 23.7 Å². The number of nitrogens with zero attached hydrogens (tertiary/aromatic N) is 5. The summed E-state index contributed by atoms with van der Waals surface area (Å²) in [6.07, 6.45) is 4.80. The van der Waals surface area contributed by atoms with Crippen LogP contribution in [0.15, 0.2) is 36.2 Å². The van der Waals surface area contributed by atoms with Crippen LogP contribution in [0.5, 0.6) is 11.8 Å². The second kappa shape index (κ2) is 7.87. The van der Waals surface area contributed by atoms with E-state index in [4.69, 9.17) is 10.6 Å². The molecule has 0 spiro atoms. The molecular formula is C20H19N9O4. The zero-order valence-corrected chi connectivity index (χ0v) is 17.4. The largest absolute Gasteiger partial charge is 0.424 e. The Labute approximate surface area is 186 Å². The van der Waals surface area contributed by atoms with Crippen LogP contribution in [0, 0.1) is 0 Å². The molecule has 1 aromatic carbocycles. The summed E-state index contributed by atoms with van der Waals surface area (Å²) < 4.78 is 7.29. The third-order valence-corrected chi connectivity index (χ3v) is 4.93. The molecule has 1 aliphatic carbocycles. The van der Waals surface area contributed by atoms with E-state index in [0.29, 0.717) is 28.6 Å². The zero-order valence-electron chi connectivity index (χ0n) is 17.4. The van der Waals surface area contributed by atoms with Gasteiger partial charge in [-0.25, -0.2) is 10.6 Å². The Balaban J connectivity index is 1.53. The molecule has 0 atom stereocenters. The number of carbonyl (C=O) groups excluding carboxylic acids is 3. The number of hydrogen-bond acceptors (Lipinski definition) is 9. The molecule has 0 radical (unpaired) electrons. The minimum absolute atomic E-state index is 0.0148. The highest BCUT2D eigenvalue weighted by atomic mass is 16.5. The van der Waals surface area contributed by atoms with Crippen LogP contribution in [-0.4, -0.2) is 43.5 Å². The lowest BCUT2D eigenvalue weighted by molar-refractivity contribution is -0.116. The number of carbonyl (C=O) groups is 3. The van der Waals surface area contributed by atoms with Crippen molar-refractivity contribution in [1.29, 1.82) is 0 Å². The predicted molar refractivity (Wildman–Crippen MR) is 116 cm³/mol. The monoisotopic (exact) mass is 449 g/mol. The third-order valence-electron chi connectivity index (χ3n) is 4.93. The lowest BCUT2D eigenvalue weighted by atomic mass is 10.2. The minimum atomic E-state index is -0.605. The van der Waals surface area contributed by atoms with Crippen LogP contribution in [0.2, 0.25) is 0 Å². The number of urea groups is 1. The van der Waals surface area contributed by atoms with E-state index in [2.05, 4.69) is 31.0 Å². The fourth-order valence-corrected chi connectivity index (χ4v) is 3.24. The van der Waals surface area contributed by atoms with Crippen LogP contribution in [-0.2, 0) is 9.59 Å². The first kappa shape index (κ1) is 20.4. The van der Waals surface area contributed by atoms with E-state index in [1.165, 1.54) is 28.7 Å². The quantitative estimate of drug-likeness (QED) is 0.185. The highest BCUT2D eigenvalue weighted by Gasteiger charge is 2.31. The van der Waals surface area contributed by atoms with Crippen molar-refractivity contribution in [3.63, 3.8) is 0 Å². The number of imide groups is 1. The number of hydrogen-bond donors (Lipinski definition) is 4. The van der Waals surface area contributed by atoms with Gasteiger partial charge in [-0.2, -0.15) is 19.6 Å². The molecule has 1 saturated heterocycles. The number of nitrogens with one attached hydrogen (secondary N) is 3. The van der Waals surface area contributed by atoms with Crippen molar-refractivity contribution in [3.05, 3.63) is 41.7 Å². The molecule has 3 aromatic rings. The van der Waals surface area contributed by atoms with Crippen molar-refractivity contribution in [1.82, 2.24) is 30.2 Å². The van der Waals surface area contributed by atoms with E-state index >= 15 is 0 Å². The molecule has 1 aliphatic heterocycles.